The van der Waals surface area contributed by atoms with E-state index in [0.717, 1.165) is 0 Å². The molecule has 0 saturated heterocycles. The van der Waals surface area contributed by atoms with Crippen LogP contribution in [0, 0.1) is 0 Å². The lowest BCUT2D eigenvalue weighted by atomic mass is 10.2. The highest BCUT2D eigenvalue weighted by Crippen LogP contribution is 2.10. The van der Waals surface area contributed by atoms with Gasteiger partial charge in [-0.2, -0.15) is 0 Å². The SMILES string of the molecule is C[C@H](CO)N(C)C(C)(C)O. The topological polar surface area (TPSA) is 43.7 Å². The van der Waals surface area contributed by atoms with Crippen LogP contribution in [0.3, 0.4) is 0 Å². The van der Waals surface area contributed by atoms with Gasteiger partial charge in [0.2, 0.25) is 0 Å². The molecule has 0 spiro atoms. The largest absolute Gasteiger partial charge is 0.395 e. The number of aliphatic hydroxyl groups is 2. The van der Waals surface area contributed by atoms with Crippen molar-refractivity contribution in [1.82, 2.24) is 4.90 Å². The number of likely N-dealkylation sites (N-methyl/N-ethyl adjacent to an activating group) is 1. The van der Waals surface area contributed by atoms with Crippen molar-refractivity contribution in [1.29, 1.82) is 0 Å². The first-order valence-electron chi connectivity index (χ1n) is 3.45. The van der Waals surface area contributed by atoms with Crippen molar-refractivity contribution in [3.63, 3.8) is 0 Å². The van der Waals surface area contributed by atoms with Crippen LogP contribution in [0.15, 0.2) is 0 Å². The Labute approximate surface area is 62.3 Å². The first kappa shape index (κ1) is 9.88. The summed E-state index contributed by atoms with van der Waals surface area (Å²) in [5.41, 5.74) is -0.845. The molecule has 0 aliphatic rings. The van der Waals surface area contributed by atoms with E-state index in [0.29, 0.717) is 0 Å². The Morgan fingerprint density at radius 2 is 1.90 bits per heavy atom. The van der Waals surface area contributed by atoms with Crippen molar-refractivity contribution in [2.24, 2.45) is 0 Å². The molecule has 0 aliphatic carbocycles. The smallest absolute Gasteiger partial charge is 0.112 e. The van der Waals surface area contributed by atoms with Gasteiger partial charge in [0, 0.05) is 6.04 Å². The Balaban J connectivity index is 3.94. The molecule has 0 amide bonds. The second-order valence-corrected chi connectivity index (χ2v) is 3.14. The molecule has 2 N–H and O–H groups in total. The third kappa shape index (κ3) is 2.64. The number of hydrogen-bond donors (Lipinski definition) is 2. The molecule has 0 aromatic heterocycles. The third-order valence-corrected chi connectivity index (χ3v) is 1.79. The van der Waals surface area contributed by atoms with Gasteiger partial charge in [0.15, 0.2) is 0 Å². The van der Waals surface area contributed by atoms with E-state index in [1.165, 1.54) is 0 Å². The first-order valence-corrected chi connectivity index (χ1v) is 3.45. The summed E-state index contributed by atoms with van der Waals surface area (Å²) in [5, 5.41) is 18.1. The molecule has 0 fully saturated rings. The summed E-state index contributed by atoms with van der Waals surface area (Å²) in [6, 6.07) is -0.000000000000000222. The molecule has 0 rings (SSSR count). The monoisotopic (exact) mass is 147 g/mol. The molecule has 0 radical (unpaired) electrons. The molecule has 0 aliphatic heterocycles. The molecule has 10 heavy (non-hydrogen) atoms. The van der Waals surface area contributed by atoms with E-state index >= 15 is 0 Å². The summed E-state index contributed by atoms with van der Waals surface area (Å²) in [7, 11) is 1.78. The first-order chi connectivity index (χ1) is 4.39. The normalized spacial score (nSPS) is 15.9. The standard InChI is InChI=1S/C7H17NO2/c1-6(5-9)8(4)7(2,3)10/h6,9-10H,5H2,1-4H3/t6-/m1/s1. The van der Waals surface area contributed by atoms with E-state index in [9.17, 15) is 5.11 Å². The lowest BCUT2D eigenvalue weighted by Gasteiger charge is -2.34. The summed E-state index contributed by atoms with van der Waals surface area (Å²) in [5.74, 6) is 0. The van der Waals surface area contributed by atoms with Crippen LogP contribution in [-0.2, 0) is 0 Å². The van der Waals surface area contributed by atoms with Gasteiger partial charge in [0.1, 0.15) is 5.72 Å². The molecular formula is C7H17NO2. The molecule has 0 aromatic carbocycles. The van der Waals surface area contributed by atoms with E-state index in [2.05, 4.69) is 0 Å². The highest BCUT2D eigenvalue weighted by Gasteiger charge is 2.23. The molecular weight excluding hydrogens is 130 g/mol. The maximum absolute atomic E-state index is 9.40. The number of nitrogens with zero attached hydrogens (tertiary/aromatic N) is 1. The van der Waals surface area contributed by atoms with Crippen LogP contribution in [0.25, 0.3) is 0 Å². The van der Waals surface area contributed by atoms with Crippen LogP contribution in [0.2, 0.25) is 0 Å². The van der Waals surface area contributed by atoms with Crippen molar-refractivity contribution in [3.05, 3.63) is 0 Å². The van der Waals surface area contributed by atoms with Gasteiger partial charge in [-0.1, -0.05) is 0 Å². The van der Waals surface area contributed by atoms with E-state index in [-0.39, 0.29) is 12.6 Å². The highest BCUT2D eigenvalue weighted by atomic mass is 16.3. The Bertz CT molecular complexity index is 98.3. The van der Waals surface area contributed by atoms with Gasteiger partial charge < -0.3 is 10.2 Å². The number of hydrogen-bond acceptors (Lipinski definition) is 3. The summed E-state index contributed by atoms with van der Waals surface area (Å²) in [4.78, 5) is 1.72. The third-order valence-electron chi connectivity index (χ3n) is 1.79. The van der Waals surface area contributed by atoms with Crippen LogP contribution in [-0.4, -0.2) is 40.5 Å². The lowest BCUT2D eigenvalue weighted by molar-refractivity contribution is -0.0901. The predicted octanol–water partition coefficient (Wildman–Crippen LogP) is 0.0274. The van der Waals surface area contributed by atoms with Crippen LogP contribution in [0.5, 0.6) is 0 Å². The Morgan fingerprint density at radius 1 is 1.50 bits per heavy atom. The zero-order valence-corrected chi connectivity index (χ0v) is 7.13. The van der Waals surface area contributed by atoms with Crippen LogP contribution in [0.1, 0.15) is 20.8 Å². The molecule has 0 unspecified atom stereocenters. The van der Waals surface area contributed by atoms with Crippen LogP contribution < -0.4 is 0 Å². The number of aliphatic hydroxyl groups excluding tert-OH is 1. The van der Waals surface area contributed by atoms with Gasteiger partial charge in [0.05, 0.1) is 6.61 Å². The van der Waals surface area contributed by atoms with E-state index in [1.54, 1.807) is 25.8 Å². The van der Waals surface area contributed by atoms with Crippen molar-refractivity contribution in [3.8, 4) is 0 Å². The highest BCUT2D eigenvalue weighted by molar-refractivity contribution is 4.70. The minimum absolute atomic E-state index is 0.000000000000000222. The van der Waals surface area contributed by atoms with E-state index < -0.39 is 5.72 Å². The molecule has 0 heterocycles. The zero-order chi connectivity index (χ0) is 8.36. The molecule has 0 aromatic rings. The van der Waals surface area contributed by atoms with Crippen molar-refractivity contribution in [2.75, 3.05) is 13.7 Å². The fourth-order valence-electron chi connectivity index (χ4n) is 0.662. The second kappa shape index (κ2) is 3.32. The molecule has 3 nitrogen and oxygen atoms in total. The molecule has 3 heteroatoms. The van der Waals surface area contributed by atoms with Gasteiger partial charge >= 0.3 is 0 Å². The van der Waals surface area contributed by atoms with Crippen LogP contribution in [0.4, 0.5) is 0 Å². The number of rotatable bonds is 3. The van der Waals surface area contributed by atoms with Crippen LogP contribution >= 0.6 is 0 Å². The van der Waals surface area contributed by atoms with Gasteiger partial charge in [-0.15, -0.1) is 0 Å². The molecule has 62 valence electrons. The van der Waals surface area contributed by atoms with Gasteiger partial charge in [0.25, 0.3) is 0 Å². The minimum Gasteiger partial charge on any atom is -0.395 e. The summed E-state index contributed by atoms with van der Waals surface area (Å²) in [6.07, 6.45) is 0. The average Bonchev–Trinajstić information content (AvgIpc) is 1.83. The fourth-order valence-corrected chi connectivity index (χ4v) is 0.662. The maximum Gasteiger partial charge on any atom is 0.112 e. The zero-order valence-electron chi connectivity index (χ0n) is 7.13. The fraction of sp³-hybridized carbons (Fsp3) is 1.00. The summed E-state index contributed by atoms with van der Waals surface area (Å²) in [6.45, 7) is 5.32. The Morgan fingerprint density at radius 3 is 2.00 bits per heavy atom. The maximum atomic E-state index is 9.40. The Kier molecular flexibility index (Phi) is 3.28. The average molecular weight is 147 g/mol. The quantitative estimate of drug-likeness (QED) is 0.553. The van der Waals surface area contributed by atoms with Crippen molar-refractivity contribution < 1.29 is 10.2 Å². The van der Waals surface area contributed by atoms with E-state index in [4.69, 9.17) is 5.11 Å². The molecule has 1 atom stereocenters. The Hall–Kier alpha value is -0.120. The molecule has 0 saturated carbocycles. The van der Waals surface area contributed by atoms with Gasteiger partial charge in [-0.25, -0.2) is 0 Å². The lowest BCUT2D eigenvalue weighted by Crippen LogP contribution is -2.47. The van der Waals surface area contributed by atoms with E-state index in [1.807, 2.05) is 6.92 Å². The molecule has 0 bridgehead atoms. The predicted molar refractivity (Wildman–Crippen MR) is 40.6 cm³/mol. The summed E-state index contributed by atoms with van der Waals surface area (Å²) < 4.78 is 0. The second-order valence-electron chi connectivity index (χ2n) is 3.14. The van der Waals surface area contributed by atoms with Crippen molar-refractivity contribution >= 4 is 0 Å². The minimum atomic E-state index is -0.845. The van der Waals surface area contributed by atoms with Crippen molar-refractivity contribution in [2.45, 2.75) is 32.5 Å². The summed E-state index contributed by atoms with van der Waals surface area (Å²) >= 11 is 0. The van der Waals surface area contributed by atoms with Gasteiger partial charge in [-0.3, -0.25) is 4.90 Å². The van der Waals surface area contributed by atoms with Gasteiger partial charge in [-0.05, 0) is 27.8 Å².